The minimum atomic E-state index is 0.173. The van der Waals surface area contributed by atoms with E-state index in [-0.39, 0.29) is 11.9 Å². The van der Waals surface area contributed by atoms with Crippen molar-refractivity contribution >= 4 is 11.6 Å². The van der Waals surface area contributed by atoms with E-state index in [1.165, 1.54) is 5.56 Å². The summed E-state index contributed by atoms with van der Waals surface area (Å²) < 4.78 is 0. The third-order valence-electron chi connectivity index (χ3n) is 3.21. The maximum absolute atomic E-state index is 11.0. The molecule has 17 heavy (non-hydrogen) atoms. The quantitative estimate of drug-likeness (QED) is 0.837. The minimum Gasteiger partial charge on any atom is -0.383 e. The number of amides is 1. The van der Waals surface area contributed by atoms with Gasteiger partial charge in [0.25, 0.3) is 0 Å². The Morgan fingerprint density at radius 2 is 2.06 bits per heavy atom. The average molecular weight is 232 g/mol. The second-order valence-electron chi connectivity index (χ2n) is 4.96. The van der Waals surface area contributed by atoms with Crippen LogP contribution in [0.5, 0.6) is 0 Å². The third-order valence-corrected chi connectivity index (χ3v) is 3.21. The van der Waals surface area contributed by atoms with Gasteiger partial charge in [0, 0.05) is 24.7 Å². The number of anilines is 1. The van der Waals surface area contributed by atoms with Crippen LogP contribution in [0.4, 0.5) is 5.69 Å². The van der Waals surface area contributed by atoms with Crippen molar-refractivity contribution < 1.29 is 4.79 Å². The lowest BCUT2D eigenvalue weighted by atomic mass is 10.0. The maximum Gasteiger partial charge on any atom is 0.220 e. The van der Waals surface area contributed by atoms with Gasteiger partial charge in [-0.2, -0.15) is 0 Å². The molecule has 0 radical (unpaired) electrons. The smallest absolute Gasteiger partial charge is 0.220 e. The molecule has 0 saturated carbocycles. The second kappa shape index (κ2) is 5.21. The van der Waals surface area contributed by atoms with Crippen LogP contribution in [0, 0.1) is 0 Å². The molecule has 1 aromatic carbocycles. The van der Waals surface area contributed by atoms with Crippen molar-refractivity contribution in [1.29, 1.82) is 0 Å². The summed E-state index contributed by atoms with van der Waals surface area (Å²) in [5, 5.41) is 6.31. The predicted molar refractivity (Wildman–Crippen MR) is 70.2 cm³/mol. The fourth-order valence-electron chi connectivity index (χ4n) is 2.06. The summed E-state index contributed by atoms with van der Waals surface area (Å²) in [5.41, 5.74) is 2.47. The van der Waals surface area contributed by atoms with Crippen molar-refractivity contribution in [2.75, 3.05) is 11.9 Å². The first-order valence-electron chi connectivity index (χ1n) is 6.28. The zero-order valence-corrected chi connectivity index (χ0v) is 10.5. The Morgan fingerprint density at radius 1 is 1.35 bits per heavy atom. The second-order valence-corrected chi connectivity index (χ2v) is 4.96. The summed E-state index contributed by atoms with van der Waals surface area (Å²) in [6, 6.07) is 8.80. The molecule has 1 amide bonds. The van der Waals surface area contributed by atoms with Crippen LogP contribution in [0.15, 0.2) is 24.3 Å². The third kappa shape index (κ3) is 3.22. The van der Waals surface area contributed by atoms with E-state index in [1.54, 1.807) is 0 Å². The van der Waals surface area contributed by atoms with Crippen LogP contribution >= 0.6 is 0 Å². The highest BCUT2D eigenvalue weighted by Crippen LogP contribution is 2.17. The largest absolute Gasteiger partial charge is 0.383 e. The number of carbonyl (C=O) groups excluding carboxylic acids is 1. The molecule has 1 heterocycles. The van der Waals surface area contributed by atoms with E-state index in [9.17, 15) is 4.79 Å². The van der Waals surface area contributed by atoms with Crippen molar-refractivity contribution in [3.05, 3.63) is 29.8 Å². The van der Waals surface area contributed by atoms with Crippen LogP contribution in [-0.2, 0) is 4.79 Å². The molecule has 0 spiro atoms. The van der Waals surface area contributed by atoms with E-state index in [1.807, 2.05) is 0 Å². The number of carbonyl (C=O) groups is 1. The Bertz CT molecular complexity index is 384. The molecule has 1 fully saturated rings. The highest BCUT2D eigenvalue weighted by Gasteiger charge is 2.19. The van der Waals surface area contributed by atoms with E-state index < -0.39 is 0 Å². The first-order valence-corrected chi connectivity index (χ1v) is 6.28. The summed E-state index contributed by atoms with van der Waals surface area (Å²) in [6.07, 6.45) is 1.61. The van der Waals surface area contributed by atoms with Crippen LogP contribution in [0.2, 0.25) is 0 Å². The fourth-order valence-corrected chi connectivity index (χ4v) is 2.06. The minimum absolute atomic E-state index is 0.173. The molecule has 3 heteroatoms. The van der Waals surface area contributed by atoms with Crippen LogP contribution in [0.25, 0.3) is 0 Å². The normalized spacial score (nSPS) is 19.5. The monoisotopic (exact) mass is 232 g/mol. The first-order chi connectivity index (χ1) is 8.15. The summed E-state index contributed by atoms with van der Waals surface area (Å²) in [7, 11) is 0. The van der Waals surface area contributed by atoms with Crippen molar-refractivity contribution in [2.24, 2.45) is 0 Å². The standard InChI is InChI=1S/C14H20N2O/c1-10(2)11-3-5-12(6-4-11)15-9-13-7-8-14(17)16-13/h3-6,10,13,15H,7-9H2,1-2H3,(H,16,17). The van der Waals surface area contributed by atoms with E-state index in [0.29, 0.717) is 12.3 Å². The van der Waals surface area contributed by atoms with Gasteiger partial charge in [0.05, 0.1) is 0 Å². The van der Waals surface area contributed by atoms with Crippen LogP contribution in [0.3, 0.4) is 0 Å². The van der Waals surface area contributed by atoms with Gasteiger partial charge in [-0.3, -0.25) is 4.79 Å². The lowest BCUT2D eigenvalue weighted by Gasteiger charge is -2.13. The zero-order chi connectivity index (χ0) is 12.3. The van der Waals surface area contributed by atoms with E-state index >= 15 is 0 Å². The Hall–Kier alpha value is -1.51. The molecule has 2 rings (SSSR count). The Morgan fingerprint density at radius 3 is 2.59 bits per heavy atom. The van der Waals surface area contributed by atoms with Crippen molar-refractivity contribution in [2.45, 2.75) is 38.6 Å². The summed E-state index contributed by atoms with van der Waals surface area (Å²) in [5.74, 6) is 0.741. The Labute approximate surface area is 103 Å². The van der Waals surface area contributed by atoms with Crippen molar-refractivity contribution in [3.8, 4) is 0 Å². The topological polar surface area (TPSA) is 41.1 Å². The number of hydrogen-bond donors (Lipinski definition) is 2. The number of hydrogen-bond acceptors (Lipinski definition) is 2. The lowest BCUT2D eigenvalue weighted by Crippen LogP contribution is -2.31. The molecule has 3 nitrogen and oxygen atoms in total. The van der Waals surface area contributed by atoms with E-state index in [2.05, 4.69) is 48.7 Å². The zero-order valence-electron chi connectivity index (χ0n) is 10.5. The highest BCUT2D eigenvalue weighted by molar-refractivity contribution is 5.78. The van der Waals surface area contributed by atoms with Gasteiger partial charge in [0.15, 0.2) is 0 Å². The Balaban J connectivity index is 1.85. The molecule has 0 aliphatic carbocycles. The van der Waals surface area contributed by atoms with Crippen molar-refractivity contribution in [1.82, 2.24) is 5.32 Å². The molecule has 1 saturated heterocycles. The first kappa shape index (κ1) is 12.0. The lowest BCUT2D eigenvalue weighted by molar-refractivity contribution is -0.119. The summed E-state index contributed by atoms with van der Waals surface area (Å²) in [6.45, 7) is 5.19. The molecular weight excluding hydrogens is 212 g/mol. The van der Waals surface area contributed by atoms with E-state index in [0.717, 1.165) is 18.7 Å². The highest BCUT2D eigenvalue weighted by atomic mass is 16.1. The average Bonchev–Trinajstić information content (AvgIpc) is 2.73. The molecule has 1 unspecified atom stereocenters. The molecular formula is C14H20N2O. The molecule has 2 N–H and O–H groups in total. The van der Waals surface area contributed by atoms with Gasteiger partial charge in [0.1, 0.15) is 0 Å². The summed E-state index contributed by atoms with van der Waals surface area (Å²) in [4.78, 5) is 11.0. The Kier molecular flexibility index (Phi) is 3.67. The molecule has 1 atom stereocenters. The number of benzene rings is 1. The van der Waals surface area contributed by atoms with Gasteiger partial charge in [-0.15, -0.1) is 0 Å². The molecule has 1 aliphatic rings. The van der Waals surface area contributed by atoms with Gasteiger partial charge < -0.3 is 10.6 Å². The number of rotatable bonds is 4. The van der Waals surface area contributed by atoms with Crippen LogP contribution in [-0.4, -0.2) is 18.5 Å². The van der Waals surface area contributed by atoms with Crippen LogP contribution in [0.1, 0.15) is 38.2 Å². The maximum atomic E-state index is 11.0. The molecule has 1 aliphatic heterocycles. The number of nitrogens with one attached hydrogen (secondary N) is 2. The molecule has 0 bridgehead atoms. The SMILES string of the molecule is CC(C)c1ccc(NCC2CCC(=O)N2)cc1. The van der Waals surface area contributed by atoms with Gasteiger partial charge in [-0.05, 0) is 30.0 Å². The van der Waals surface area contributed by atoms with Gasteiger partial charge in [-0.25, -0.2) is 0 Å². The molecule has 92 valence electrons. The predicted octanol–water partition coefficient (Wildman–Crippen LogP) is 2.50. The van der Waals surface area contributed by atoms with Gasteiger partial charge >= 0.3 is 0 Å². The van der Waals surface area contributed by atoms with Gasteiger partial charge in [0.2, 0.25) is 5.91 Å². The van der Waals surface area contributed by atoms with Gasteiger partial charge in [-0.1, -0.05) is 26.0 Å². The van der Waals surface area contributed by atoms with E-state index in [4.69, 9.17) is 0 Å². The summed E-state index contributed by atoms with van der Waals surface area (Å²) >= 11 is 0. The molecule has 0 aromatic heterocycles. The van der Waals surface area contributed by atoms with Crippen LogP contribution < -0.4 is 10.6 Å². The fraction of sp³-hybridized carbons (Fsp3) is 0.500. The van der Waals surface area contributed by atoms with Crippen molar-refractivity contribution in [3.63, 3.8) is 0 Å². The molecule has 1 aromatic rings.